The second-order valence-corrected chi connectivity index (χ2v) is 9.11. The molecule has 0 saturated heterocycles. The van der Waals surface area contributed by atoms with Crippen LogP contribution in [0.1, 0.15) is 45.7 Å². The minimum absolute atomic E-state index is 0.0466. The van der Waals surface area contributed by atoms with Gasteiger partial charge in [-0.2, -0.15) is 0 Å². The fraction of sp³-hybridized carbons (Fsp3) is 0.500. The minimum Gasteiger partial charge on any atom is -0.308 e. The average Bonchev–Trinajstić information content (AvgIpc) is 3.26. The van der Waals surface area contributed by atoms with E-state index in [1.54, 1.807) is 0 Å². The molecule has 1 aliphatic rings. The molecule has 1 N–H and O–H groups in total. The van der Waals surface area contributed by atoms with Crippen LogP contribution >= 0.6 is 7.60 Å². The van der Waals surface area contributed by atoms with E-state index in [0.717, 1.165) is 6.42 Å². The lowest BCUT2D eigenvalue weighted by Gasteiger charge is -2.31. The lowest BCUT2D eigenvalue weighted by atomic mass is 9.99. The third kappa shape index (κ3) is 3.29. The summed E-state index contributed by atoms with van der Waals surface area (Å²) < 4.78 is 24.8. The average molecular weight is 361 g/mol. The molecule has 1 saturated carbocycles. The van der Waals surface area contributed by atoms with Gasteiger partial charge in [-0.05, 0) is 49.4 Å². The molecule has 2 aromatic carbocycles. The summed E-state index contributed by atoms with van der Waals surface area (Å²) in [4.78, 5) is 0. The molecule has 25 heavy (non-hydrogen) atoms. The molecular weight excluding hydrogens is 333 g/mol. The highest BCUT2D eigenvalue weighted by molar-refractivity contribution is 7.56. The molecule has 0 amide bonds. The van der Waals surface area contributed by atoms with Crippen molar-refractivity contribution in [3.63, 3.8) is 0 Å². The van der Waals surface area contributed by atoms with Gasteiger partial charge in [0.25, 0.3) is 0 Å². The number of hydrogen-bond donors (Lipinski definition) is 1. The van der Waals surface area contributed by atoms with Crippen LogP contribution < -0.4 is 5.32 Å². The molecule has 2 aromatic rings. The first kappa shape index (κ1) is 18.6. The molecule has 1 aliphatic carbocycles. The Labute approximate surface area is 150 Å². The zero-order chi connectivity index (χ0) is 18.1. The van der Waals surface area contributed by atoms with E-state index in [1.165, 1.54) is 16.3 Å². The molecule has 0 radical (unpaired) electrons. The van der Waals surface area contributed by atoms with Crippen molar-refractivity contribution in [2.24, 2.45) is 5.92 Å². The first-order chi connectivity index (χ1) is 12.0. The van der Waals surface area contributed by atoms with Gasteiger partial charge in [-0.15, -0.1) is 0 Å². The van der Waals surface area contributed by atoms with E-state index in [0.29, 0.717) is 13.2 Å². The monoisotopic (exact) mass is 361 g/mol. The van der Waals surface area contributed by atoms with Gasteiger partial charge in [-0.3, -0.25) is 9.88 Å². The van der Waals surface area contributed by atoms with Crippen LogP contribution in [0.3, 0.4) is 0 Å². The molecule has 3 atom stereocenters. The van der Waals surface area contributed by atoms with Gasteiger partial charge in [-0.1, -0.05) is 49.4 Å². The van der Waals surface area contributed by atoms with Crippen LogP contribution in [-0.2, 0) is 13.6 Å². The topological polar surface area (TPSA) is 47.6 Å². The SMILES string of the molecule is CCOP(=O)(OCC)[C@@]1(N[C@H](C)c2cccc3ccccc23)C[C@@H]1C. The van der Waals surface area contributed by atoms with Crippen LogP contribution in [0.25, 0.3) is 10.8 Å². The molecule has 1 fully saturated rings. The Morgan fingerprint density at radius 3 is 2.36 bits per heavy atom. The first-order valence-electron chi connectivity index (χ1n) is 9.12. The lowest BCUT2D eigenvalue weighted by Crippen LogP contribution is -2.36. The van der Waals surface area contributed by atoms with Crippen molar-refractivity contribution in [1.29, 1.82) is 0 Å². The summed E-state index contributed by atoms with van der Waals surface area (Å²) in [5.41, 5.74) is 1.20. The van der Waals surface area contributed by atoms with Crippen molar-refractivity contribution in [3.8, 4) is 0 Å². The Balaban J connectivity index is 1.92. The van der Waals surface area contributed by atoms with E-state index >= 15 is 0 Å². The van der Waals surface area contributed by atoms with Crippen molar-refractivity contribution in [2.75, 3.05) is 13.2 Å². The van der Waals surface area contributed by atoms with Gasteiger partial charge in [-0.25, -0.2) is 0 Å². The van der Waals surface area contributed by atoms with Crippen molar-refractivity contribution in [3.05, 3.63) is 48.0 Å². The van der Waals surface area contributed by atoms with Gasteiger partial charge in [0, 0.05) is 6.04 Å². The van der Waals surface area contributed by atoms with Crippen molar-refractivity contribution in [1.82, 2.24) is 5.32 Å². The van der Waals surface area contributed by atoms with Gasteiger partial charge in [0.1, 0.15) is 5.28 Å². The Hall–Kier alpha value is -1.19. The van der Waals surface area contributed by atoms with Crippen molar-refractivity contribution >= 4 is 18.4 Å². The normalized spacial score (nSPS) is 24.4. The summed E-state index contributed by atoms with van der Waals surface area (Å²) in [5.74, 6) is 0.258. The molecule has 0 bridgehead atoms. The fourth-order valence-corrected chi connectivity index (χ4v) is 6.36. The molecule has 4 nitrogen and oxygen atoms in total. The van der Waals surface area contributed by atoms with E-state index in [-0.39, 0.29) is 12.0 Å². The molecule has 5 heteroatoms. The van der Waals surface area contributed by atoms with Gasteiger partial charge >= 0.3 is 7.60 Å². The van der Waals surface area contributed by atoms with Crippen molar-refractivity contribution in [2.45, 2.75) is 45.4 Å². The highest BCUT2D eigenvalue weighted by atomic mass is 31.2. The van der Waals surface area contributed by atoms with Crippen LogP contribution in [0, 0.1) is 5.92 Å². The molecule has 3 rings (SSSR count). The van der Waals surface area contributed by atoms with Gasteiger partial charge in [0.15, 0.2) is 0 Å². The smallest absolute Gasteiger partial charge is 0.308 e. The molecule has 0 aromatic heterocycles. The number of fused-ring (bicyclic) bond motifs is 1. The van der Waals surface area contributed by atoms with Gasteiger partial charge in [0.05, 0.1) is 13.2 Å². The zero-order valence-electron chi connectivity index (χ0n) is 15.5. The number of hydrogen-bond acceptors (Lipinski definition) is 4. The van der Waals surface area contributed by atoms with Crippen LogP contribution in [0.15, 0.2) is 42.5 Å². The van der Waals surface area contributed by atoms with E-state index in [4.69, 9.17) is 9.05 Å². The Bertz CT molecular complexity index is 778. The maximum Gasteiger partial charge on any atom is 0.350 e. The summed E-state index contributed by atoms with van der Waals surface area (Å²) in [6.45, 7) is 8.72. The molecular formula is C20H28NO3P. The number of nitrogens with one attached hydrogen (secondary N) is 1. The summed E-state index contributed by atoms with van der Waals surface area (Å²) in [6, 6.07) is 14.7. The summed E-state index contributed by atoms with van der Waals surface area (Å²) in [5, 5.41) is 5.47. The molecule has 0 spiro atoms. The molecule has 0 heterocycles. The quantitative estimate of drug-likeness (QED) is 0.631. The zero-order valence-corrected chi connectivity index (χ0v) is 16.4. The lowest BCUT2D eigenvalue weighted by molar-refractivity contribution is 0.199. The predicted octanol–water partition coefficient (Wildman–Crippen LogP) is 5.49. The summed E-state index contributed by atoms with van der Waals surface area (Å²) in [7, 11) is -3.21. The van der Waals surface area contributed by atoms with Crippen LogP contribution in [-0.4, -0.2) is 18.5 Å². The number of benzene rings is 2. The van der Waals surface area contributed by atoms with Crippen LogP contribution in [0.4, 0.5) is 0 Å². The maximum absolute atomic E-state index is 13.4. The Morgan fingerprint density at radius 1 is 1.16 bits per heavy atom. The highest BCUT2D eigenvalue weighted by Gasteiger charge is 2.66. The van der Waals surface area contributed by atoms with E-state index < -0.39 is 12.9 Å². The first-order valence-corrected chi connectivity index (χ1v) is 10.7. The maximum atomic E-state index is 13.4. The van der Waals surface area contributed by atoms with E-state index in [1.807, 2.05) is 19.9 Å². The molecule has 0 unspecified atom stereocenters. The summed E-state index contributed by atoms with van der Waals surface area (Å²) in [6.07, 6.45) is 0.805. The molecule has 0 aliphatic heterocycles. The van der Waals surface area contributed by atoms with Gasteiger partial charge in [0.2, 0.25) is 0 Å². The standard InChI is InChI=1S/C20H28NO3P/c1-5-23-25(22,24-6-2)20(14-15(20)3)21-16(4)18-13-9-11-17-10-7-8-12-19(17)18/h7-13,15-16,21H,5-6,14H2,1-4H3/t15-,16+,20-/m0/s1. The predicted molar refractivity (Wildman–Crippen MR) is 103 cm³/mol. The largest absolute Gasteiger partial charge is 0.350 e. The van der Waals surface area contributed by atoms with E-state index in [2.05, 4.69) is 55.6 Å². The fourth-order valence-electron chi connectivity index (χ4n) is 3.76. The third-order valence-corrected chi connectivity index (χ3v) is 8.04. The van der Waals surface area contributed by atoms with Gasteiger partial charge < -0.3 is 9.05 Å². The molecule has 136 valence electrons. The summed E-state index contributed by atoms with van der Waals surface area (Å²) >= 11 is 0. The Morgan fingerprint density at radius 2 is 1.76 bits per heavy atom. The second-order valence-electron chi connectivity index (χ2n) is 6.80. The third-order valence-electron chi connectivity index (χ3n) is 5.12. The Kier molecular flexibility index (Phi) is 5.36. The van der Waals surface area contributed by atoms with Crippen LogP contribution in [0.2, 0.25) is 0 Å². The number of rotatable bonds is 8. The minimum atomic E-state index is -3.21. The van der Waals surface area contributed by atoms with Crippen LogP contribution in [0.5, 0.6) is 0 Å². The second kappa shape index (κ2) is 7.20. The van der Waals surface area contributed by atoms with Crippen molar-refractivity contribution < 1.29 is 13.6 Å². The highest BCUT2D eigenvalue weighted by Crippen LogP contribution is 2.72. The van der Waals surface area contributed by atoms with E-state index in [9.17, 15) is 4.57 Å².